The van der Waals surface area contributed by atoms with Gasteiger partial charge in [0, 0.05) is 19.6 Å². The number of thiazole rings is 1. The third kappa shape index (κ3) is 4.43. The van der Waals surface area contributed by atoms with E-state index in [1.807, 2.05) is 66.2 Å². The number of rotatable bonds is 6. The van der Waals surface area contributed by atoms with Gasteiger partial charge in [0.05, 0.1) is 29.1 Å². The van der Waals surface area contributed by atoms with E-state index in [1.165, 1.54) is 0 Å². The molecule has 1 saturated heterocycles. The molecule has 0 radical (unpaired) electrons. The fourth-order valence-electron chi connectivity index (χ4n) is 4.29. The number of fused-ring (bicyclic) bond motifs is 1. The monoisotopic (exact) mass is 461 g/mol. The first-order valence-corrected chi connectivity index (χ1v) is 12.0. The van der Waals surface area contributed by atoms with Gasteiger partial charge in [-0.3, -0.25) is 4.79 Å². The van der Waals surface area contributed by atoms with Crippen molar-refractivity contribution in [1.82, 2.24) is 20.1 Å². The van der Waals surface area contributed by atoms with Crippen LogP contribution in [0.4, 0.5) is 5.13 Å². The van der Waals surface area contributed by atoms with Gasteiger partial charge >= 0.3 is 0 Å². The van der Waals surface area contributed by atoms with Gasteiger partial charge in [-0.15, -0.1) is 0 Å². The summed E-state index contributed by atoms with van der Waals surface area (Å²) >= 11 is 1.66. The van der Waals surface area contributed by atoms with E-state index in [0.29, 0.717) is 13.1 Å². The Morgan fingerprint density at radius 3 is 2.88 bits per heavy atom. The van der Waals surface area contributed by atoms with Gasteiger partial charge in [-0.05, 0) is 49.6 Å². The number of hydrogen-bond donors (Lipinski definition) is 1. The summed E-state index contributed by atoms with van der Waals surface area (Å²) in [5.41, 5.74) is 3.88. The third-order valence-corrected chi connectivity index (χ3v) is 7.26. The van der Waals surface area contributed by atoms with E-state index in [4.69, 9.17) is 9.72 Å². The quantitative estimate of drug-likeness (QED) is 0.463. The van der Waals surface area contributed by atoms with Crippen LogP contribution in [0.25, 0.3) is 16.0 Å². The normalized spacial score (nSPS) is 16.2. The first-order valence-electron chi connectivity index (χ1n) is 11.2. The van der Waals surface area contributed by atoms with E-state index in [2.05, 4.69) is 15.3 Å². The van der Waals surface area contributed by atoms with Gasteiger partial charge in [0.1, 0.15) is 5.75 Å². The Balaban J connectivity index is 1.30. The van der Waals surface area contributed by atoms with Crippen molar-refractivity contribution in [2.45, 2.75) is 26.3 Å². The number of ether oxygens (including phenoxy) is 1. The van der Waals surface area contributed by atoms with Crippen LogP contribution in [0, 0.1) is 12.8 Å². The molecule has 0 saturated carbocycles. The second-order valence-corrected chi connectivity index (χ2v) is 9.31. The summed E-state index contributed by atoms with van der Waals surface area (Å²) in [6.07, 6.45) is 1.86. The smallest absolute Gasteiger partial charge is 0.225 e. The van der Waals surface area contributed by atoms with Crippen LogP contribution >= 0.6 is 11.3 Å². The lowest BCUT2D eigenvalue weighted by Crippen LogP contribution is -2.43. The summed E-state index contributed by atoms with van der Waals surface area (Å²) in [6, 6.07) is 17.9. The first kappa shape index (κ1) is 21.5. The van der Waals surface area contributed by atoms with Crippen molar-refractivity contribution in [3.8, 4) is 11.4 Å². The number of nitrogens with zero attached hydrogens (tertiary/aromatic N) is 4. The van der Waals surface area contributed by atoms with Crippen LogP contribution in [0.3, 0.4) is 0 Å². The number of anilines is 1. The Morgan fingerprint density at radius 2 is 2.06 bits per heavy atom. The lowest BCUT2D eigenvalue weighted by Gasteiger charge is -2.31. The number of aryl methyl sites for hydroxylation is 1. The standard InChI is InChI=1S/C25H27N5O2S/c1-17-22-23(30(28-17)20-10-4-3-5-11-20)27-25(33-22)29-13-7-9-19(16-29)24(31)26-15-18-8-6-12-21(14-18)32-2/h3-6,8,10-12,14,19H,7,9,13,15-16H2,1-2H3,(H,26,31)/t19-/m1/s1. The Bertz CT molecular complexity index is 1270. The molecule has 0 spiro atoms. The van der Waals surface area contributed by atoms with Gasteiger partial charge in [-0.1, -0.05) is 41.7 Å². The summed E-state index contributed by atoms with van der Waals surface area (Å²) in [7, 11) is 1.65. The zero-order chi connectivity index (χ0) is 22.8. The van der Waals surface area contributed by atoms with Gasteiger partial charge in [-0.25, -0.2) is 4.68 Å². The van der Waals surface area contributed by atoms with Crippen LogP contribution in [-0.4, -0.2) is 40.9 Å². The van der Waals surface area contributed by atoms with E-state index in [-0.39, 0.29) is 11.8 Å². The second-order valence-electron chi connectivity index (χ2n) is 8.34. The molecule has 170 valence electrons. The minimum absolute atomic E-state index is 0.0527. The molecule has 1 atom stereocenters. The van der Waals surface area contributed by atoms with Gasteiger partial charge in [0.25, 0.3) is 0 Å². The van der Waals surface area contributed by atoms with E-state index in [9.17, 15) is 4.79 Å². The fraction of sp³-hybridized carbons (Fsp3) is 0.320. The Hall–Kier alpha value is -3.39. The molecule has 1 aliphatic rings. The summed E-state index contributed by atoms with van der Waals surface area (Å²) in [5, 5.41) is 8.75. The van der Waals surface area contributed by atoms with Crippen molar-refractivity contribution in [1.29, 1.82) is 0 Å². The number of hydrogen-bond acceptors (Lipinski definition) is 6. The summed E-state index contributed by atoms with van der Waals surface area (Å²) in [5.74, 6) is 0.837. The number of nitrogens with one attached hydrogen (secondary N) is 1. The molecule has 2 aromatic heterocycles. The minimum atomic E-state index is -0.0527. The molecule has 1 fully saturated rings. The lowest BCUT2D eigenvalue weighted by molar-refractivity contribution is -0.125. The molecule has 33 heavy (non-hydrogen) atoms. The highest BCUT2D eigenvalue weighted by atomic mass is 32.1. The van der Waals surface area contributed by atoms with Gasteiger partial charge in [-0.2, -0.15) is 10.1 Å². The molecule has 4 aromatic rings. The molecular formula is C25H27N5O2S. The third-order valence-electron chi connectivity index (χ3n) is 6.04. The van der Waals surface area contributed by atoms with Crippen molar-refractivity contribution >= 4 is 32.7 Å². The number of carbonyl (C=O) groups excluding carboxylic acids is 1. The molecule has 7 nitrogen and oxygen atoms in total. The van der Waals surface area contributed by atoms with E-state index in [0.717, 1.165) is 57.6 Å². The number of carbonyl (C=O) groups is 1. The fourth-order valence-corrected chi connectivity index (χ4v) is 5.31. The first-order chi connectivity index (χ1) is 16.1. The van der Waals surface area contributed by atoms with Gasteiger partial charge in [0.15, 0.2) is 10.8 Å². The highest BCUT2D eigenvalue weighted by molar-refractivity contribution is 7.22. The predicted octanol–water partition coefficient (Wildman–Crippen LogP) is 4.33. The molecule has 1 aliphatic heterocycles. The summed E-state index contributed by atoms with van der Waals surface area (Å²) in [6.45, 7) is 4.11. The number of amides is 1. The highest BCUT2D eigenvalue weighted by Gasteiger charge is 2.28. The maximum Gasteiger partial charge on any atom is 0.225 e. The van der Waals surface area contributed by atoms with Gasteiger partial charge < -0.3 is 15.0 Å². The van der Waals surface area contributed by atoms with E-state index in [1.54, 1.807) is 18.4 Å². The summed E-state index contributed by atoms with van der Waals surface area (Å²) < 4.78 is 8.28. The molecule has 0 aliphatic carbocycles. The predicted molar refractivity (Wildman–Crippen MR) is 131 cm³/mol. The van der Waals surface area contributed by atoms with Crippen LogP contribution in [0.2, 0.25) is 0 Å². The van der Waals surface area contributed by atoms with Crippen LogP contribution in [-0.2, 0) is 11.3 Å². The molecule has 2 aromatic carbocycles. The zero-order valence-electron chi connectivity index (χ0n) is 18.8. The van der Waals surface area contributed by atoms with Crippen molar-refractivity contribution in [3.05, 3.63) is 65.9 Å². The largest absolute Gasteiger partial charge is 0.497 e. The van der Waals surface area contributed by atoms with Crippen LogP contribution in [0.15, 0.2) is 54.6 Å². The molecule has 5 rings (SSSR count). The van der Waals surface area contributed by atoms with Crippen molar-refractivity contribution in [3.63, 3.8) is 0 Å². The average Bonchev–Trinajstić information content (AvgIpc) is 3.44. The molecular weight excluding hydrogens is 434 g/mol. The Kier molecular flexibility index (Phi) is 6.00. The van der Waals surface area contributed by atoms with E-state index < -0.39 is 0 Å². The van der Waals surface area contributed by atoms with Crippen molar-refractivity contribution in [2.24, 2.45) is 5.92 Å². The Morgan fingerprint density at radius 1 is 1.21 bits per heavy atom. The maximum absolute atomic E-state index is 12.9. The summed E-state index contributed by atoms with van der Waals surface area (Å²) in [4.78, 5) is 20.1. The van der Waals surface area contributed by atoms with Crippen LogP contribution in [0.1, 0.15) is 24.1 Å². The van der Waals surface area contributed by atoms with Gasteiger partial charge in [0.2, 0.25) is 5.91 Å². The number of methoxy groups -OCH3 is 1. The van der Waals surface area contributed by atoms with Crippen LogP contribution in [0.5, 0.6) is 5.75 Å². The van der Waals surface area contributed by atoms with Crippen LogP contribution < -0.4 is 15.0 Å². The number of benzene rings is 2. The molecule has 1 N–H and O–H groups in total. The second kappa shape index (κ2) is 9.23. The molecule has 8 heteroatoms. The topological polar surface area (TPSA) is 72.3 Å². The van der Waals surface area contributed by atoms with E-state index >= 15 is 0 Å². The molecule has 1 amide bonds. The zero-order valence-corrected chi connectivity index (χ0v) is 19.6. The number of para-hydroxylation sites is 1. The molecule has 3 heterocycles. The molecule has 0 bridgehead atoms. The lowest BCUT2D eigenvalue weighted by atomic mass is 9.97. The maximum atomic E-state index is 12.9. The van der Waals surface area contributed by atoms with Crippen molar-refractivity contribution < 1.29 is 9.53 Å². The number of aromatic nitrogens is 3. The average molecular weight is 462 g/mol. The van der Waals surface area contributed by atoms with Crippen molar-refractivity contribution in [2.75, 3.05) is 25.1 Å². The highest BCUT2D eigenvalue weighted by Crippen LogP contribution is 2.34. The minimum Gasteiger partial charge on any atom is -0.497 e. The Labute approximate surface area is 197 Å². The number of piperidine rings is 1. The molecule has 0 unspecified atom stereocenters. The SMILES string of the molecule is COc1cccc(CNC(=O)[C@@H]2CCCN(c3nc4c(s3)c(C)nn4-c3ccccc3)C2)c1.